The number of nitrogens with zero attached hydrogens (tertiary/aromatic N) is 2. The van der Waals surface area contributed by atoms with Crippen LogP contribution in [-0.2, 0) is 0 Å². The molecule has 2 heteroatoms. The Morgan fingerprint density at radius 1 is 1.29 bits per heavy atom. The van der Waals surface area contributed by atoms with Crippen LogP contribution in [0.25, 0.3) is 0 Å². The zero-order chi connectivity index (χ0) is 10.2. The smallest absolute Gasteiger partial charge is 0.0702 e. The van der Waals surface area contributed by atoms with Gasteiger partial charge >= 0.3 is 0 Å². The van der Waals surface area contributed by atoms with Crippen molar-refractivity contribution in [2.45, 2.75) is 26.7 Å². The summed E-state index contributed by atoms with van der Waals surface area (Å²) in [5.74, 6) is 0. The monoisotopic (exact) mass is 188 g/mol. The predicted octanol–water partition coefficient (Wildman–Crippen LogP) is 3.28. The Bertz CT molecular complexity index is 312. The molecule has 74 valence electrons. The molecular formula is C12H16N2. The molecule has 0 heterocycles. The van der Waals surface area contributed by atoms with Gasteiger partial charge in [0, 0.05) is 6.21 Å². The zero-order valence-corrected chi connectivity index (χ0v) is 8.77. The summed E-state index contributed by atoms with van der Waals surface area (Å²) in [5.41, 5.74) is 2.23. The van der Waals surface area contributed by atoms with Crippen molar-refractivity contribution in [2.24, 2.45) is 10.2 Å². The summed E-state index contributed by atoms with van der Waals surface area (Å²) in [7, 11) is 0. The van der Waals surface area contributed by atoms with Crippen LogP contribution < -0.4 is 0 Å². The van der Waals surface area contributed by atoms with Gasteiger partial charge < -0.3 is 0 Å². The first-order valence-corrected chi connectivity index (χ1v) is 4.98. The van der Waals surface area contributed by atoms with Crippen LogP contribution in [0.1, 0.15) is 32.3 Å². The highest BCUT2D eigenvalue weighted by molar-refractivity contribution is 6.00. The highest BCUT2D eigenvalue weighted by Gasteiger charge is 2.00. The Hall–Kier alpha value is -1.44. The highest BCUT2D eigenvalue weighted by atomic mass is 15.2. The van der Waals surface area contributed by atoms with E-state index in [1.807, 2.05) is 25.1 Å². The molecule has 14 heavy (non-hydrogen) atoms. The van der Waals surface area contributed by atoms with Crippen LogP contribution in [0.3, 0.4) is 0 Å². The molecule has 0 unspecified atom stereocenters. The summed E-state index contributed by atoms with van der Waals surface area (Å²) in [4.78, 5) is 0. The van der Waals surface area contributed by atoms with Gasteiger partial charge in [0.15, 0.2) is 0 Å². The molecule has 1 aromatic carbocycles. The van der Waals surface area contributed by atoms with Crippen molar-refractivity contribution < 1.29 is 0 Å². The molecule has 0 atom stereocenters. The second kappa shape index (κ2) is 6.08. The second-order valence-electron chi connectivity index (χ2n) is 3.04. The van der Waals surface area contributed by atoms with E-state index in [0.29, 0.717) is 0 Å². The summed E-state index contributed by atoms with van der Waals surface area (Å²) < 4.78 is 0. The molecule has 0 bridgehead atoms. The maximum Gasteiger partial charge on any atom is 0.0702 e. The van der Waals surface area contributed by atoms with E-state index in [9.17, 15) is 0 Å². The van der Waals surface area contributed by atoms with Gasteiger partial charge in [0.25, 0.3) is 0 Å². The summed E-state index contributed by atoms with van der Waals surface area (Å²) in [6.45, 7) is 4.02. The van der Waals surface area contributed by atoms with E-state index in [-0.39, 0.29) is 0 Å². The van der Waals surface area contributed by atoms with E-state index in [1.54, 1.807) is 6.21 Å². The normalized spacial score (nSPS) is 12.3. The first-order chi connectivity index (χ1) is 6.88. The van der Waals surface area contributed by atoms with Gasteiger partial charge in [-0.2, -0.15) is 10.2 Å². The zero-order valence-electron chi connectivity index (χ0n) is 8.77. The van der Waals surface area contributed by atoms with Crippen molar-refractivity contribution >= 4 is 11.9 Å². The molecule has 0 amide bonds. The van der Waals surface area contributed by atoms with Crippen LogP contribution in [0.2, 0.25) is 0 Å². The first kappa shape index (κ1) is 10.6. The summed E-state index contributed by atoms with van der Waals surface area (Å²) >= 11 is 0. The van der Waals surface area contributed by atoms with Gasteiger partial charge in [-0.05, 0) is 18.9 Å². The minimum absolute atomic E-state index is 0.974. The lowest BCUT2D eigenvalue weighted by atomic mass is 10.1. The van der Waals surface area contributed by atoms with Gasteiger partial charge in [-0.25, -0.2) is 0 Å². The SMILES string of the molecule is C/C=N\N=C(/CCC)c1ccccc1. The van der Waals surface area contributed by atoms with Crippen molar-refractivity contribution in [2.75, 3.05) is 0 Å². The Morgan fingerprint density at radius 3 is 2.57 bits per heavy atom. The molecule has 0 fully saturated rings. The van der Waals surface area contributed by atoms with Crippen molar-refractivity contribution in [3.63, 3.8) is 0 Å². The fourth-order valence-electron chi connectivity index (χ4n) is 1.25. The molecule has 0 spiro atoms. The van der Waals surface area contributed by atoms with Crippen molar-refractivity contribution in [1.82, 2.24) is 0 Å². The van der Waals surface area contributed by atoms with Crippen molar-refractivity contribution in [3.8, 4) is 0 Å². The van der Waals surface area contributed by atoms with Gasteiger partial charge in [0.2, 0.25) is 0 Å². The van der Waals surface area contributed by atoms with Gasteiger partial charge in [0.1, 0.15) is 0 Å². The van der Waals surface area contributed by atoms with E-state index in [1.165, 1.54) is 5.56 Å². The molecule has 1 aromatic rings. The lowest BCUT2D eigenvalue weighted by molar-refractivity contribution is 0.982. The molecule has 2 nitrogen and oxygen atoms in total. The third-order valence-corrected chi connectivity index (χ3v) is 1.89. The molecule has 0 aliphatic carbocycles. The van der Waals surface area contributed by atoms with Gasteiger partial charge in [-0.1, -0.05) is 43.7 Å². The third-order valence-electron chi connectivity index (χ3n) is 1.89. The van der Waals surface area contributed by atoms with Crippen molar-refractivity contribution in [1.29, 1.82) is 0 Å². The first-order valence-electron chi connectivity index (χ1n) is 4.98. The van der Waals surface area contributed by atoms with E-state index >= 15 is 0 Å². The molecule has 0 saturated heterocycles. The Kier molecular flexibility index (Phi) is 4.62. The Morgan fingerprint density at radius 2 is 2.00 bits per heavy atom. The quantitative estimate of drug-likeness (QED) is 0.511. The molecule has 0 radical (unpaired) electrons. The maximum atomic E-state index is 4.19. The minimum Gasteiger partial charge on any atom is -0.164 e. The average Bonchev–Trinajstić information content (AvgIpc) is 2.25. The fraction of sp³-hybridized carbons (Fsp3) is 0.333. The molecule has 0 N–H and O–H groups in total. The van der Waals surface area contributed by atoms with E-state index in [0.717, 1.165) is 18.6 Å². The van der Waals surface area contributed by atoms with Crippen LogP contribution in [0.5, 0.6) is 0 Å². The molecule has 0 aliphatic rings. The van der Waals surface area contributed by atoms with Gasteiger partial charge in [-0.3, -0.25) is 0 Å². The molecule has 0 saturated carbocycles. The molecule has 1 rings (SSSR count). The minimum atomic E-state index is 0.974. The summed E-state index contributed by atoms with van der Waals surface area (Å²) in [6, 6.07) is 10.2. The summed E-state index contributed by atoms with van der Waals surface area (Å²) in [5, 5.41) is 8.12. The van der Waals surface area contributed by atoms with E-state index in [2.05, 4.69) is 29.3 Å². The Balaban J connectivity index is 2.88. The topological polar surface area (TPSA) is 24.7 Å². The molecule has 0 aromatic heterocycles. The largest absolute Gasteiger partial charge is 0.164 e. The van der Waals surface area contributed by atoms with Crippen LogP contribution in [0, 0.1) is 0 Å². The number of hydrogen-bond acceptors (Lipinski definition) is 2. The van der Waals surface area contributed by atoms with Crippen LogP contribution in [-0.4, -0.2) is 11.9 Å². The fourth-order valence-corrected chi connectivity index (χ4v) is 1.25. The van der Waals surface area contributed by atoms with E-state index in [4.69, 9.17) is 0 Å². The number of rotatable bonds is 4. The summed E-state index contributed by atoms with van der Waals surface area (Å²) in [6.07, 6.45) is 3.77. The average molecular weight is 188 g/mol. The standard InChI is InChI=1S/C12H16N2/c1-3-8-12(14-13-4-2)11-9-6-5-7-10-11/h4-7,9-10H,3,8H2,1-2H3/b13-4-,14-12+. The van der Waals surface area contributed by atoms with Crippen LogP contribution >= 0.6 is 0 Å². The highest BCUT2D eigenvalue weighted by Crippen LogP contribution is 2.06. The van der Waals surface area contributed by atoms with Gasteiger partial charge in [0.05, 0.1) is 5.71 Å². The van der Waals surface area contributed by atoms with Crippen molar-refractivity contribution in [3.05, 3.63) is 35.9 Å². The van der Waals surface area contributed by atoms with Crippen LogP contribution in [0.15, 0.2) is 40.5 Å². The van der Waals surface area contributed by atoms with Crippen LogP contribution in [0.4, 0.5) is 0 Å². The third kappa shape index (κ3) is 3.13. The predicted molar refractivity (Wildman–Crippen MR) is 62.1 cm³/mol. The lowest BCUT2D eigenvalue weighted by Gasteiger charge is -2.02. The maximum absolute atomic E-state index is 4.19. The molecular weight excluding hydrogens is 172 g/mol. The second-order valence-corrected chi connectivity index (χ2v) is 3.04. The van der Waals surface area contributed by atoms with Gasteiger partial charge in [-0.15, -0.1) is 0 Å². The Labute approximate surface area is 85.4 Å². The van der Waals surface area contributed by atoms with E-state index < -0.39 is 0 Å². The number of hydrogen-bond donors (Lipinski definition) is 0. The number of benzene rings is 1. The lowest BCUT2D eigenvalue weighted by Crippen LogP contribution is -1.99. The molecule has 0 aliphatic heterocycles.